The van der Waals surface area contributed by atoms with Crippen molar-refractivity contribution in [2.75, 3.05) is 12.1 Å². The molecule has 0 radical (unpaired) electrons. The minimum atomic E-state index is -4.69. The first-order valence-electron chi connectivity index (χ1n) is 9.46. The van der Waals surface area contributed by atoms with Crippen molar-refractivity contribution in [1.82, 2.24) is 4.98 Å². The predicted octanol–water partition coefficient (Wildman–Crippen LogP) is 6.68. The maximum absolute atomic E-state index is 13.9. The SMILES string of the molecule is CC.O=C(Nc1ccc(-c2cc3c(cc2Br)OCO3)cn1)c1cc(C(F)(F)F)ccc1F. The number of fused-ring (bicyclic) bond motifs is 1. The van der Waals surface area contributed by atoms with Gasteiger partial charge in [0.25, 0.3) is 5.91 Å². The lowest BCUT2D eigenvalue weighted by Crippen LogP contribution is -2.16. The first kappa shape index (κ1) is 23.5. The summed E-state index contributed by atoms with van der Waals surface area (Å²) in [7, 11) is 0. The number of amides is 1. The smallest absolute Gasteiger partial charge is 0.416 e. The number of alkyl halides is 3. The third-order valence-electron chi connectivity index (χ3n) is 4.32. The lowest BCUT2D eigenvalue weighted by atomic mass is 10.1. The van der Waals surface area contributed by atoms with Gasteiger partial charge in [0, 0.05) is 21.8 Å². The standard InChI is InChI=1S/C20H11BrF4N2O3.C2H6/c21-14-7-17-16(29-9-30-17)6-12(14)10-1-4-18(26-8-10)27-19(28)13-5-11(20(23,24)25)2-3-15(13)22;1-2/h1-8H,9H2,(H,26,27,28);1-2H3. The van der Waals surface area contributed by atoms with Crippen LogP contribution in [0.25, 0.3) is 11.1 Å². The van der Waals surface area contributed by atoms with E-state index in [2.05, 4.69) is 26.2 Å². The second kappa shape index (κ2) is 9.56. The minimum Gasteiger partial charge on any atom is -0.454 e. The van der Waals surface area contributed by atoms with Gasteiger partial charge >= 0.3 is 6.18 Å². The van der Waals surface area contributed by atoms with Crippen molar-refractivity contribution < 1.29 is 31.8 Å². The van der Waals surface area contributed by atoms with Crippen LogP contribution in [0.2, 0.25) is 0 Å². The first-order chi connectivity index (χ1) is 15.2. The van der Waals surface area contributed by atoms with Crippen molar-refractivity contribution in [2.45, 2.75) is 20.0 Å². The number of carbonyl (C=O) groups is 1. The fourth-order valence-corrected chi connectivity index (χ4v) is 3.38. The van der Waals surface area contributed by atoms with Gasteiger partial charge in [0.2, 0.25) is 6.79 Å². The minimum absolute atomic E-state index is 0.0532. The van der Waals surface area contributed by atoms with Crippen LogP contribution < -0.4 is 14.8 Å². The lowest BCUT2D eigenvalue weighted by molar-refractivity contribution is -0.137. The third-order valence-corrected chi connectivity index (χ3v) is 4.97. The van der Waals surface area contributed by atoms with Gasteiger partial charge in [-0.2, -0.15) is 13.2 Å². The third kappa shape index (κ3) is 5.01. The Balaban J connectivity index is 0.00000141. The number of rotatable bonds is 3. The molecular formula is C22H17BrF4N2O3. The molecule has 10 heteroatoms. The van der Waals surface area contributed by atoms with Gasteiger partial charge in [-0.1, -0.05) is 29.8 Å². The molecule has 4 rings (SSSR count). The van der Waals surface area contributed by atoms with E-state index in [0.717, 1.165) is 10.0 Å². The molecule has 1 N–H and O–H groups in total. The highest BCUT2D eigenvalue weighted by Gasteiger charge is 2.32. The number of pyridine rings is 1. The molecule has 0 aliphatic carbocycles. The average Bonchev–Trinajstić information content (AvgIpc) is 3.22. The molecule has 0 atom stereocenters. The Hall–Kier alpha value is -3.14. The number of anilines is 1. The van der Waals surface area contributed by atoms with E-state index in [4.69, 9.17) is 9.47 Å². The van der Waals surface area contributed by atoms with Gasteiger partial charge in [0.1, 0.15) is 11.6 Å². The lowest BCUT2D eigenvalue weighted by Gasteiger charge is -2.11. The summed E-state index contributed by atoms with van der Waals surface area (Å²) in [4.78, 5) is 16.3. The molecule has 1 aliphatic rings. The van der Waals surface area contributed by atoms with Gasteiger partial charge < -0.3 is 14.8 Å². The Morgan fingerprint density at radius 2 is 1.75 bits per heavy atom. The van der Waals surface area contributed by atoms with Gasteiger partial charge in [-0.05, 0) is 42.5 Å². The molecule has 32 heavy (non-hydrogen) atoms. The molecule has 1 aromatic heterocycles. The largest absolute Gasteiger partial charge is 0.454 e. The molecule has 168 valence electrons. The number of hydrogen-bond acceptors (Lipinski definition) is 4. The summed E-state index contributed by atoms with van der Waals surface area (Å²) in [6.45, 7) is 4.13. The number of carbonyl (C=O) groups excluding carboxylic acids is 1. The summed E-state index contributed by atoms with van der Waals surface area (Å²) in [5.41, 5.74) is -0.406. The summed E-state index contributed by atoms with van der Waals surface area (Å²) in [5.74, 6) is -0.877. The van der Waals surface area contributed by atoms with Crippen LogP contribution in [0.4, 0.5) is 23.4 Å². The number of ether oxygens (including phenoxy) is 2. The van der Waals surface area contributed by atoms with Gasteiger partial charge in [-0.15, -0.1) is 0 Å². The summed E-state index contributed by atoms with van der Waals surface area (Å²) in [6, 6.07) is 8.25. The molecule has 0 bridgehead atoms. The van der Waals surface area contributed by atoms with Gasteiger partial charge in [0.05, 0.1) is 11.1 Å². The zero-order valence-corrected chi connectivity index (χ0v) is 18.5. The van der Waals surface area contributed by atoms with Crippen LogP contribution in [0.5, 0.6) is 11.5 Å². The maximum Gasteiger partial charge on any atom is 0.416 e. The quantitative estimate of drug-likeness (QED) is 0.398. The second-order valence-electron chi connectivity index (χ2n) is 6.26. The van der Waals surface area contributed by atoms with Crippen LogP contribution in [0.1, 0.15) is 29.8 Å². The zero-order chi connectivity index (χ0) is 23.5. The highest BCUT2D eigenvalue weighted by molar-refractivity contribution is 9.10. The Morgan fingerprint density at radius 1 is 1.06 bits per heavy atom. The summed E-state index contributed by atoms with van der Waals surface area (Å²) in [6.07, 6.45) is -3.24. The Morgan fingerprint density at radius 3 is 2.38 bits per heavy atom. The monoisotopic (exact) mass is 512 g/mol. The molecule has 0 unspecified atom stereocenters. The van der Waals surface area contributed by atoms with Crippen LogP contribution in [0, 0.1) is 5.82 Å². The average molecular weight is 513 g/mol. The van der Waals surface area contributed by atoms with E-state index < -0.39 is 29.0 Å². The van der Waals surface area contributed by atoms with E-state index in [1.54, 1.807) is 18.2 Å². The Labute approximate surface area is 189 Å². The molecule has 3 aromatic rings. The van der Waals surface area contributed by atoms with Crippen LogP contribution >= 0.6 is 15.9 Å². The van der Waals surface area contributed by atoms with Crippen molar-refractivity contribution >= 4 is 27.7 Å². The van der Waals surface area contributed by atoms with E-state index >= 15 is 0 Å². The van der Waals surface area contributed by atoms with Crippen molar-refractivity contribution in [3.05, 3.63) is 70.1 Å². The van der Waals surface area contributed by atoms with Gasteiger partial charge in [-0.3, -0.25) is 4.79 Å². The zero-order valence-electron chi connectivity index (χ0n) is 16.9. The van der Waals surface area contributed by atoms with Gasteiger partial charge in [-0.25, -0.2) is 9.37 Å². The molecule has 1 amide bonds. The van der Waals surface area contributed by atoms with Crippen molar-refractivity contribution in [3.63, 3.8) is 0 Å². The molecule has 1 aliphatic heterocycles. The number of nitrogens with zero attached hydrogens (tertiary/aromatic N) is 1. The number of halogens is 5. The van der Waals surface area contributed by atoms with E-state index in [-0.39, 0.29) is 12.6 Å². The molecule has 5 nitrogen and oxygen atoms in total. The van der Waals surface area contributed by atoms with Crippen molar-refractivity contribution in [3.8, 4) is 22.6 Å². The second-order valence-corrected chi connectivity index (χ2v) is 7.12. The van der Waals surface area contributed by atoms with Crippen molar-refractivity contribution in [1.29, 1.82) is 0 Å². The van der Waals surface area contributed by atoms with Gasteiger partial charge in [0.15, 0.2) is 11.5 Å². The van der Waals surface area contributed by atoms with Crippen LogP contribution in [-0.4, -0.2) is 17.7 Å². The van der Waals surface area contributed by atoms with Crippen LogP contribution in [-0.2, 0) is 6.18 Å². The molecule has 0 spiro atoms. The summed E-state index contributed by atoms with van der Waals surface area (Å²) >= 11 is 3.44. The Bertz CT molecular complexity index is 1140. The fourth-order valence-electron chi connectivity index (χ4n) is 2.82. The highest BCUT2D eigenvalue weighted by Crippen LogP contribution is 2.41. The molecule has 2 heterocycles. The molecule has 0 saturated heterocycles. The summed E-state index contributed by atoms with van der Waals surface area (Å²) < 4.78 is 63.7. The van der Waals surface area contributed by atoms with E-state index in [0.29, 0.717) is 35.3 Å². The van der Waals surface area contributed by atoms with Crippen molar-refractivity contribution in [2.24, 2.45) is 0 Å². The first-order valence-corrected chi connectivity index (χ1v) is 10.3. The normalized spacial score (nSPS) is 12.1. The predicted molar refractivity (Wildman–Crippen MR) is 114 cm³/mol. The van der Waals surface area contributed by atoms with E-state index in [9.17, 15) is 22.4 Å². The Kier molecular flexibility index (Phi) is 7.02. The molecule has 2 aromatic carbocycles. The molecule has 0 fully saturated rings. The number of benzene rings is 2. The number of aromatic nitrogens is 1. The molecular weight excluding hydrogens is 496 g/mol. The maximum atomic E-state index is 13.9. The summed E-state index contributed by atoms with van der Waals surface area (Å²) in [5, 5.41) is 2.30. The molecule has 0 saturated carbocycles. The van der Waals surface area contributed by atoms with Crippen LogP contribution in [0.3, 0.4) is 0 Å². The fraction of sp³-hybridized carbons (Fsp3) is 0.182. The van der Waals surface area contributed by atoms with E-state index in [1.807, 2.05) is 13.8 Å². The topological polar surface area (TPSA) is 60.5 Å². The number of hydrogen-bond donors (Lipinski definition) is 1. The van der Waals surface area contributed by atoms with Crippen LogP contribution in [0.15, 0.2) is 53.1 Å². The highest BCUT2D eigenvalue weighted by atomic mass is 79.9. The van der Waals surface area contributed by atoms with E-state index in [1.165, 1.54) is 12.3 Å². The number of nitrogens with one attached hydrogen (secondary N) is 1.